The average Bonchev–Trinajstić information content (AvgIpc) is 3.70. The van der Waals surface area contributed by atoms with Gasteiger partial charge in [-0.2, -0.15) is 5.26 Å². The summed E-state index contributed by atoms with van der Waals surface area (Å²) in [5, 5.41) is 16.4. The third-order valence-electron chi connectivity index (χ3n) is 9.59. The number of aromatic nitrogens is 2. The molecule has 2 aliphatic heterocycles. The van der Waals surface area contributed by atoms with Crippen LogP contribution in [0.3, 0.4) is 0 Å². The molecule has 0 amide bonds. The molecule has 4 nitrogen and oxygen atoms in total. The van der Waals surface area contributed by atoms with Crippen molar-refractivity contribution in [2.75, 3.05) is 0 Å². The van der Waals surface area contributed by atoms with Gasteiger partial charge in [0.15, 0.2) is 0 Å². The second-order valence-electron chi connectivity index (χ2n) is 12.3. The lowest BCUT2D eigenvalue weighted by atomic mass is 9.97. The molecule has 48 heavy (non-hydrogen) atoms. The van der Waals surface area contributed by atoms with E-state index in [1.54, 1.807) is 0 Å². The number of para-hydroxylation sites is 2. The largest absolute Gasteiger partial charge is 0.455 e. The molecule has 0 unspecified atom stereocenters. The Bertz CT molecular complexity index is 2900. The van der Waals surface area contributed by atoms with E-state index in [0.29, 0.717) is 5.56 Å². The van der Waals surface area contributed by atoms with Gasteiger partial charge in [0.1, 0.15) is 11.3 Å². The van der Waals surface area contributed by atoms with Gasteiger partial charge in [-0.1, -0.05) is 91.0 Å². The van der Waals surface area contributed by atoms with E-state index in [4.69, 9.17) is 9.40 Å². The molecule has 0 aliphatic carbocycles. The predicted octanol–water partition coefficient (Wildman–Crippen LogP) is 11.5. The van der Waals surface area contributed by atoms with E-state index in [1.165, 1.54) is 10.8 Å². The smallest absolute Gasteiger partial charge is 0.144 e. The van der Waals surface area contributed by atoms with Crippen LogP contribution in [-0.2, 0) is 0 Å². The first-order valence-corrected chi connectivity index (χ1v) is 16.0. The molecule has 0 radical (unpaired) electrons. The van der Waals surface area contributed by atoms with Crippen molar-refractivity contribution in [3.05, 3.63) is 157 Å². The van der Waals surface area contributed by atoms with Crippen molar-refractivity contribution < 1.29 is 4.42 Å². The average molecular weight is 612 g/mol. The van der Waals surface area contributed by atoms with Crippen LogP contribution in [-0.4, -0.2) is 9.55 Å². The first-order valence-electron chi connectivity index (χ1n) is 16.0. The fourth-order valence-electron chi connectivity index (χ4n) is 7.31. The van der Waals surface area contributed by atoms with Crippen LogP contribution >= 0.6 is 0 Å². The van der Waals surface area contributed by atoms with Crippen molar-refractivity contribution in [2.24, 2.45) is 0 Å². The first-order chi connectivity index (χ1) is 23.7. The van der Waals surface area contributed by atoms with E-state index in [-0.39, 0.29) is 0 Å². The van der Waals surface area contributed by atoms with Crippen molar-refractivity contribution in [3.63, 3.8) is 0 Å². The number of hydrogen-bond donors (Lipinski definition) is 0. The Labute approximate surface area is 275 Å². The highest BCUT2D eigenvalue weighted by Gasteiger charge is 2.23. The van der Waals surface area contributed by atoms with Gasteiger partial charge in [-0.3, -0.25) is 0 Å². The maximum Gasteiger partial charge on any atom is 0.144 e. The van der Waals surface area contributed by atoms with E-state index in [9.17, 15) is 5.26 Å². The maximum atomic E-state index is 9.76. The maximum absolute atomic E-state index is 9.76. The van der Waals surface area contributed by atoms with Crippen molar-refractivity contribution >= 4 is 54.5 Å². The van der Waals surface area contributed by atoms with Gasteiger partial charge in [-0.25, -0.2) is 4.98 Å². The van der Waals surface area contributed by atoms with Gasteiger partial charge in [0.2, 0.25) is 0 Å². The van der Waals surface area contributed by atoms with E-state index >= 15 is 0 Å². The quantitative estimate of drug-likeness (QED) is 0.200. The normalized spacial score (nSPS) is 11.7. The molecule has 0 bridgehead atoms. The Balaban J connectivity index is 1.13. The van der Waals surface area contributed by atoms with Crippen molar-refractivity contribution in [2.45, 2.75) is 0 Å². The number of nitriles is 1. The number of fused-ring (bicyclic) bond motifs is 9. The van der Waals surface area contributed by atoms with E-state index < -0.39 is 0 Å². The number of nitrogens with zero attached hydrogens (tertiary/aromatic N) is 3. The molecule has 7 aromatic carbocycles. The summed E-state index contributed by atoms with van der Waals surface area (Å²) in [5.41, 5.74) is 10.9. The molecule has 0 saturated carbocycles. The van der Waals surface area contributed by atoms with Gasteiger partial charge in [0, 0.05) is 32.8 Å². The Morgan fingerprint density at radius 3 is 2.08 bits per heavy atom. The Hall–Kier alpha value is -6.70. The summed E-state index contributed by atoms with van der Waals surface area (Å²) in [6.07, 6.45) is 0. The Morgan fingerprint density at radius 2 is 1.23 bits per heavy atom. The molecule has 3 heterocycles. The lowest BCUT2D eigenvalue weighted by Crippen LogP contribution is -1.94. The lowest BCUT2D eigenvalue weighted by molar-refractivity contribution is 0.622. The van der Waals surface area contributed by atoms with Crippen molar-refractivity contribution in [3.8, 4) is 45.5 Å². The van der Waals surface area contributed by atoms with Crippen LogP contribution in [0.1, 0.15) is 5.56 Å². The summed E-state index contributed by atoms with van der Waals surface area (Å²) in [7, 11) is 0. The summed E-state index contributed by atoms with van der Waals surface area (Å²) < 4.78 is 8.90. The molecule has 0 atom stereocenters. The molecule has 4 heteroatoms. The van der Waals surface area contributed by atoms with Crippen LogP contribution in [0.2, 0.25) is 0 Å². The van der Waals surface area contributed by atoms with Gasteiger partial charge in [-0.15, -0.1) is 0 Å². The van der Waals surface area contributed by atoms with Crippen LogP contribution in [0.25, 0.3) is 93.8 Å². The Kier molecular flexibility index (Phi) is 5.61. The Morgan fingerprint density at radius 1 is 0.542 bits per heavy atom. The van der Waals surface area contributed by atoms with Crippen LogP contribution in [0.5, 0.6) is 0 Å². The number of rotatable bonds is 3. The molecule has 222 valence electrons. The van der Waals surface area contributed by atoms with Gasteiger partial charge in [0.05, 0.1) is 39.4 Å². The number of hydrogen-bond acceptors (Lipinski definition) is 3. The zero-order chi connectivity index (χ0) is 31.8. The summed E-state index contributed by atoms with van der Waals surface area (Å²) >= 11 is 0. The van der Waals surface area contributed by atoms with E-state index in [0.717, 1.165) is 83.1 Å². The molecule has 1 aromatic heterocycles. The standard InChI is InChI=1S/C44H25N3O/c45-26-27-13-21-39-36(23-27)37-25-32(19-22-40(37)47(39)33-20-18-28-7-1-2-8-31(28)24-33)29-14-16-30(17-15-29)44-42-34-9-3-5-11-38(34)46-43(42)35-10-4-6-12-41(35)48-44/h1-25H. The highest BCUT2D eigenvalue weighted by atomic mass is 16.3. The molecule has 2 aliphatic rings. The van der Waals surface area contributed by atoms with Gasteiger partial charge in [-0.05, 0) is 82.6 Å². The van der Waals surface area contributed by atoms with Gasteiger partial charge in [0.25, 0.3) is 0 Å². The summed E-state index contributed by atoms with van der Waals surface area (Å²) in [6, 6.07) is 54.9. The molecule has 10 rings (SSSR count). The fraction of sp³-hybridized carbons (Fsp3) is 0. The monoisotopic (exact) mass is 611 g/mol. The minimum Gasteiger partial charge on any atom is -0.455 e. The predicted molar refractivity (Wildman–Crippen MR) is 196 cm³/mol. The molecule has 0 N–H and O–H groups in total. The molecule has 8 aromatic rings. The SMILES string of the molecule is N#Cc1ccc2c(c1)c1cc(-c3ccc(-c4oc5ccccc5c5nc6ccccc6c4-5)cc3)ccc1n2-c1ccc2ccccc2c1. The third kappa shape index (κ3) is 3.92. The van der Waals surface area contributed by atoms with Crippen LogP contribution in [0.4, 0.5) is 0 Å². The van der Waals surface area contributed by atoms with Gasteiger partial charge >= 0.3 is 0 Å². The first kappa shape index (κ1) is 26.5. The molecular formula is C44H25N3O. The zero-order valence-corrected chi connectivity index (χ0v) is 25.7. The minimum absolute atomic E-state index is 0.648. The van der Waals surface area contributed by atoms with Crippen molar-refractivity contribution in [1.82, 2.24) is 9.55 Å². The molecule has 0 saturated heterocycles. The fourth-order valence-corrected chi connectivity index (χ4v) is 7.31. The summed E-state index contributed by atoms with van der Waals surface area (Å²) in [5.74, 6) is 0.821. The molecule has 0 fully saturated rings. The molecular weight excluding hydrogens is 587 g/mol. The topological polar surface area (TPSA) is 54.8 Å². The van der Waals surface area contributed by atoms with E-state index in [2.05, 4.69) is 126 Å². The van der Waals surface area contributed by atoms with Crippen LogP contribution in [0.15, 0.2) is 156 Å². The summed E-state index contributed by atoms with van der Waals surface area (Å²) in [4.78, 5) is 5.02. The second-order valence-corrected chi connectivity index (χ2v) is 12.3. The van der Waals surface area contributed by atoms with Gasteiger partial charge < -0.3 is 8.98 Å². The third-order valence-corrected chi connectivity index (χ3v) is 9.59. The molecule has 0 spiro atoms. The highest BCUT2D eigenvalue weighted by Crippen LogP contribution is 2.44. The van der Waals surface area contributed by atoms with Crippen molar-refractivity contribution in [1.29, 1.82) is 5.26 Å². The zero-order valence-electron chi connectivity index (χ0n) is 25.7. The highest BCUT2D eigenvalue weighted by molar-refractivity contribution is 6.12. The minimum atomic E-state index is 0.648. The second kappa shape index (κ2) is 10.2. The van der Waals surface area contributed by atoms with Crippen LogP contribution in [0, 0.1) is 11.3 Å². The number of benzene rings is 7. The van der Waals surface area contributed by atoms with Crippen LogP contribution < -0.4 is 0 Å². The lowest BCUT2D eigenvalue weighted by Gasteiger charge is -2.12. The van der Waals surface area contributed by atoms with E-state index in [1.807, 2.05) is 36.4 Å². The summed E-state index contributed by atoms with van der Waals surface area (Å²) in [6.45, 7) is 0.